The van der Waals surface area contributed by atoms with Crippen LogP contribution in [0.3, 0.4) is 0 Å². The average molecular weight is 323 g/mol. The van der Waals surface area contributed by atoms with Crippen LogP contribution in [-0.4, -0.2) is 15.2 Å². The minimum absolute atomic E-state index is 0.352. The fraction of sp³-hybridized carbons (Fsp3) is 0.364. The summed E-state index contributed by atoms with van der Waals surface area (Å²) in [5.74, 6) is 0. The van der Waals surface area contributed by atoms with Crippen molar-refractivity contribution in [3.05, 3.63) is 33.3 Å². The van der Waals surface area contributed by atoms with Crippen LogP contribution >= 0.6 is 27.5 Å². The van der Waals surface area contributed by atoms with Gasteiger partial charge < -0.3 is 0 Å². The van der Waals surface area contributed by atoms with Crippen LogP contribution in [0, 0.1) is 0 Å². The Morgan fingerprint density at radius 2 is 2.06 bits per heavy atom. The Morgan fingerprint density at radius 1 is 1.44 bits per heavy atom. The van der Waals surface area contributed by atoms with Crippen LogP contribution in [0.1, 0.15) is 26.3 Å². The van der Waals surface area contributed by atoms with Crippen LogP contribution in [0.15, 0.2) is 27.1 Å². The molecule has 0 N–H and O–H groups in total. The number of halogens is 2. The minimum Gasteiger partial charge on any atom is -0.234 e. The number of nitrogens with zero attached hydrogens (tertiary/aromatic N) is 1. The molecule has 1 aromatic carbocycles. The summed E-state index contributed by atoms with van der Waals surface area (Å²) in [5, 5.41) is 0.595. The first-order valence-corrected chi connectivity index (χ1v) is 6.99. The van der Waals surface area contributed by atoms with Gasteiger partial charge in [-0.05, 0) is 39.0 Å². The van der Waals surface area contributed by atoms with E-state index in [2.05, 4.69) is 20.3 Å². The van der Waals surface area contributed by atoms with Gasteiger partial charge in [0.2, 0.25) is 0 Å². The molecule has 0 saturated heterocycles. The molecule has 2 nitrogen and oxygen atoms in total. The molecule has 0 spiro atoms. The molecule has 0 aromatic heterocycles. The SMILES string of the molecule is CC(C)(C)[S@@](=O)/N=C/c1cc(Br)ccc1Cl. The zero-order valence-corrected chi connectivity index (χ0v) is 12.5. The summed E-state index contributed by atoms with van der Waals surface area (Å²) in [4.78, 5) is 0. The Bertz CT molecular complexity index is 440. The highest BCUT2D eigenvalue weighted by molar-refractivity contribution is 9.10. The summed E-state index contributed by atoms with van der Waals surface area (Å²) in [7, 11) is -1.26. The topological polar surface area (TPSA) is 29.4 Å². The Morgan fingerprint density at radius 3 is 2.62 bits per heavy atom. The van der Waals surface area contributed by atoms with Gasteiger partial charge in [0, 0.05) is 21.3 Å². The highest BCUT2D eigenvalue weighted by atomic mass is 79.9. The van der Waals surface area contributed by atoms with Gasteiger partial charge in [0.05, 0.1) is 4.75 Å². The molecule has 0 aliphatic heterocycles. The van der Waals surface area contributed by atoms with E-state index < -0.39 is 11.0 Å². The molecule has 1 rings (SSSR count). The van der Waals surface area contributed by atoms with E-state index in [-0.39, 0.29) is 4.75 Å². The van der Waals surface area contributed by atoms with Gasteiger partial charge in [0.25, 0.3) is 0 Å². The first kappa shape index (κ1) is 13.9. The number of benzene rings is 1. The second kappa shape index (κ2) is 5.43. The molecule has 0 amide bonds. The van der Waals surface area contributed by atoms with Crippen LogP contribution in [0.4, 0.5) is 0 Å². The van der Waals surface area contributed by atoms with Gasteiger partial charge in [-0.2, -0.15) is 4.40 Å². The third-order valence-electron chi connectivity index (χ3n) is 1.77. The van der Waals surface area contributed by atoms with Crippen molar-refractivity contribution in [2.75, 3.05) is 0 Å². The van der Waals surface area contributed by atoms with Crippen molar-refractivity contribution in [1.29, 1.82) is 0 Å². The minimum atomic E-state index is -1.26. The molecule has 1 aromatic rings. The van der Waals surface area contributed by atoms with Crippen molar-refractivity contribution >= 4 is 44.7 Å². The molecule has 0 saturated carbocycles. The normalized spacial score (nSPS) is 14.3. The predicted molar refractivity (Wildman–Crippen MR) is 74.6 cm³/mol. The zero-order valence-electron chi connectivity index (χ0n) is 9.33. The van der Waals surface area contributed by atoms with Gasteiger partial charge in [0.15, 0.2) is 0 Å². The van der Waals surface area contributed by atoms with Gasteiger partial charge >= 0.3 is 0 Å². The summed E-state index contributed by atoms with van der Waals surface area (Å²) < 4.78 is 16.3. The average Bonchev–Trinajstić information content (AvgIpc) is 2.17. The van der Waals surface area contributed by atoms with Gasteiger partial charge in [-0.3, -0.25) is 0 Å². The fourth-order valence-corrected chi connectivity index (χ4v) is 1.95. The molecule has 0 unspecified atom stereocenters. The molecule has 16 heavy (non-hydrogen) atoms. The van der Waals surface area contributed by atoms with E-state index in [0.29, 0.717) is 5.02 Å². The van der Waals surface area contributed by atoms with Crippen molar-refractivity contribution in [3.8, 4) is 0 Å². The Kier molecular flexibility index (Phi) is 4.71. The van der Waals surface area contributed by atoms with E-state index in [9.17, 15) is 4.21 Å². The molecule has 0 radical (unpaired) electrons. The zero-order chi connectivity index (χ0) is 12.3. The Balaban J connectivity index is 2.93. The molecule has 0 bridgehead atoms. The van der Waals surface area contributed by atoms with Crippen molar-refractivity contribution < 1.29 is 4.21 Å². The lowest BCUT2D eigenvalue weighted by Crippen LogP contribution is -2.19. The molecule has 1 atom stereocenters. The van der Waals surface area contributed by atoms with Crippen LogP contribution in [0.2, 0.25) is 5.02 Å². The molecule has 0 aliphatic rings. The standard InChI is InChI=1S/C11H13BrClNOS/c1-11(2,3)16(15)14-7-8-6-9(12)4-5-10(8)13/h4-7H,1-3H3/b14-7+/t16-/m1/s1. The highest BCUT2D eigenvalue weighted by Crippen LogP contribution is 2.20. The molecule has 0 aliphatic carbocycles. The van der Waals surface area contributed by atoms with E-state index in [1.54, 1.807) is 12.3 Å². The van der Waals surface area contributed by atoms with E-state index in [1.807, 2.05) is 32.9 Å². The van der Waals surface area contributed by atoms with Crippen molar-refractivity contribution in [2.45, 2.75) is 25.5 Å². The van der Waals surface area contributed by atoms with Gasteiger partial charge in [-0.15, -0.1) is 0 Å². The molecular weight excluding hydrogens is 310 g/mol. The first-order valence-electron chi connectivity index (χ1n) is 4.72. The van der Waals surface area contributed by atoms with Gasteiger partial charge in [0.1, 0.15) is 11.0 Å². The summed E-state index contributed by atoms with van der Waals surface area (Å²) in [6.07, 6.45) is 1.55. The third kappa shape index (κ3) is 4.00. The van der Waals surface area contributed by atoms with Gasteiger partial charge in [-0.1, -0.05) is 27.5 Å². The summed E-state index contributed by atoms with van der Waals surface area (Å²) in [5.41, 5.74) is 0.758. The molecule has 0 heterocycles. The lowest BCUT2D eigenvalue weighted by atomic mass is 10.2. The van der Waals surface area contributed by atoms with E-state index in [0.717, 1.165) is 10.0 Å². The summed E-state index contributed by atoms with van der Waals surface area (Å²) in [6.45, 7) is 5.63. The predicted octanol–water partition coefficient (Wildman–Crippen LogP) is 3.98. The van der Waals surface area contributed by atoms with Gasteiger partial charge in [-0.25, -0.2) is 4.21 Å². The van der Waals surface area contributed by atoms with Crippen molar-refractivity contribution in [1.82, 2.24) is 0 Å². The fourth-order valence-electron chi connectivity index (χ4n) is 0.876. The van der Waals surface area contributed by atoms with Crippen LogP contribution in [0.25, 0.3) is 0 Å². The maximum absolute atomic E-state index is 11.7. The van der Waals surface area contributed by atoms with E-state index >= 15 is 0 Å². The summed E-state index contributed by atoms with van der Waals surface area (Å²) in [6, 6.07) is 5.46. The van der Waals surface area contributed by atoms with E-state index in [1.165, 1.54) is 0 Å². The third-order valence-corrected chi connectivity index (χ3v) is 3.95. The highest BCUT2D eigenvalue weighted by Gasteiger charge is 2.18. The van der Waals surface area contributed by atoms with E-state index in [4.69, 9.17) is 11.6 Å². The smallest absolute Gasteiger partial charge is 0.144 e. The molecule has 88 valence electrons. The second-order valence-electron chi connectivity index (χ2n) is 4.26. The Labute approximate surface area is 112 Å². The monoisotopic (exact) mass is 321 g/mol. The van der Waals surface area contributed by atoms with Crippen LogP contribution in [0.5, 0.6) is 0 Å². The summed E-state index contributed by atoms with van der Waals surface area (Å²) >= 11 is 9.33. The second-order valence-corrected chi connectivity index (χ2v) is 7.52. The van der Waals surface area contributed by atoms with Crippen molar-refractivity contribution in [3.63, 3.8) is 0 Å². The molecular formula is C11H13BrClNOS. The first-order chi connectivity index (χ1) is 7.30. The number of hydrogen-bond acceptors (Lipinski definition) is 1. The molecule has 5 heteroatoms. The Hall–Kier alpha value is -0.190. The largest absolute Gasteiger partial charge is 0.234 e. The molecule has 0 fully saturated rings. The quantitative estimate of drug-likeness (QED) is 0.757. The number of rotatable bonds is 2. The van der Waals surface area contributed by atoms with Crippen LogP contribution < -0.4 is 0 Å². The maximum atomic E-state index is 11.7. The number of hydrogen-bond donors (Lipinski definition) is 0. The van der Waals surface area contributed by atoms with Crippen LogP contribution in [-0.2, 0) is 11.0 Å². The maximum Gasteiger partial charge on any atom is 0.144 e. The lowest BCUT2D eigenvalue weighted by molar-refractivity contribution is 0.651. The van der Waals surface area contributed by atoms with Crippen molar-refractivity contribution in [2.24, 2.45) is 4.40 Å². The lowest BCUT2D eigenvalue weighted by Gasteiger charge is -2.12.